The van der Waals surface area contributed by atoms with E-state index in [1.54, 1.807) is 0 Å². The summed E-state index contributed by atoms with van der Waals surface area (Å²) < 4.78 is 0. The van der Waals surface area contributed by atoms with Gasteiger partial charge in [0.25, 0.3) is 0 Å². The summed E-state index contributed by atoms with van der Waals surface area (Å²) in [4.78, 5) is 13.8. The van der Waals surface area contributed by atoms with E-state index in [0.717, 1.165) is 17.0 Å². The SMILES string of the molecule is Cc1[nH]c(C(C)(C)C)cc1CC(=O)O. The van der Waals surface area contributed by atoms with Crippen molar-refractivity contribution in [3.63, 3.8) is 0 Å². The van der Waals surface area contributed by atoms with Crippen molar-refractivity contribution in [2.24, 2.45) is 0 Å². The van der Waals surface area contributed by atoms with Crippen LogP contribution in [-0.2, 0) is 16.6 Å². The Morgan fingerprint density at radius 2 is 2.07 bits per heavy atom. The average Bonchev–Trinajstić information content (AvgIpc) is 2.30. The fourth-order valence-electron chi connectivity index (χ4n) is 1.35. The Balaban J connectivity index is 2.99. The van der Waals surface area contributed by atoms with Crippen LogP contribution in [0.2, 0.25) is 0 Å². The lowest BCUT2D eigenvalue weighted by molar-refractivity contribution is -0.136. The Morgan fingerprint density at radius 3 is 2.43 bits per heavy atom. The number of aryl methyl sites for hydroxylation is 1. The van der Waals surface area contributed by atoms with Crippen LogP contribution in [0.4, 0.5) is 0 Å². The zero-order valence-electron chi connectivity index (χ0n) is 9.14. The van der Waals surface area contributed by atoms with Crippen LogP contribution in [0.1, 0.15) is 37.7 Å². The normalized spacial score (nSPS) is 11.7. The molecule has 0 atom stereocenters. The number of carbonyl (C=O) groups is 1. The van der Waals surface area contributed by atoms with Gasteiger partial charge in [-0.1, -0.05) is 20.8 Å². The van der Waals surface area contributed by atoms with Crippen molar-refractivity contribution in [1.29, 1.82) is 0 Å². The molecule has 0 amide bonds. The zero-order valence-corrected chi connectivity index (χ0v) is 9.14. The number of aliphatic carboxylic acids is 1. The lowest BCUT2D eigenvalue weighted by atomic mass is 9.92. The van der Waals surface area contributed by atoms with E-state index in [2.05, 4.69) is 25.8 Å². The predicted octanol–water partition coefficient (Wildman–Crippen LogP) is 2.25. The number of hydrogen-bond acceptors (Lipinski definition) is 1. The number of H-pyrrole nitrogens is 1. The second-order valence-corrected chi connectivity index (χ2v) is 4.65. The van der Waals surface area contributed by atoms with Crippen LogP contribution in [0, 0.1) is 6.92 Å². The van der Waals surface area contributed by atoms with Gasteiger partial charge in [0.2, 0.25) is 0 Å². The van der Waals surface area contributed by atoms with Crippen molar-refractivity contribution >= 4 is 5.97 Å². The molecule has 1 heterocycles. The molecule has 0 radical (unpaired) electrons. The Morgan fingerprint density at radius 1 is 1.50 bits per heavy atom. The summed E-state index contributed by atoms with van der Waals surface area (Å²) in [6.07, 6.45) is 0.0956. The molecular formula is C11H17NO2. The molecule has 0 aromatic carbocycles. The topological polar surface area (TPSA) is 53.1 Å². The summed E-state index contributed by atoms with van der Waals surface area (Å²) >= 11 is 0. The maximum absolute atomic E-state index is 10.6. The van der Waals surface area contributed by atoms with E-state index in [0.29, 0.717) is 0 Å². The lowest BCUT2D eigenvalue weighted by Gasteiger charge is -2.15. The number of nitrogens with one attached hydrogen (secondary N) is 1. The van der Waals surface area contributed by atoms with E-state index in [1.165, 1.54) is 0 Å². The van der Waals surface area contributed by atoms with Gasteiger partial charge in [-0.05, 0) is 18.6 Å². The van der Waals surface area contributed by atoms with Crippen LogP contribution < -0.4 is 0 Å². The molecule has 0 fully saturated rings. The molecule has 0 saturated carbocycles. The smallest absolute Gasteiger partial charge is 0.307 e. The lowest BCUT2D eigenvalue weighted by Crippen LogP contribution is -2.11. The van der Waals surface area contributed by atoms with Crippen molar-refractivity contribution in [3.05, 3.63) is 23.0 Å². The highest BCUT2D eigenvalue weighted by atomic mass is 16.4. The van der Waals surface area contributed by atoms with Crippen LogP contribution in [0.5, 0.6) is 0 Å². The zero-order chi connectivity index (χ0) is 10.9. The van der Waals surface area contributed by atoms with E-state index in [9.17, 15) is 4.79 Å². The van der Waals surface area contributed by atoms with E-state index < -0.39 is 5.97 Å². The Kier molecular flexibility index (Phi) is 2.69. The fourth-order valence-corrected chi connectivity index (χ4v) is 1.35. The van der Waals surface area contributed by atoms with Crippen LogP contribution >= 0.6 is 0 Å². The first-order chi connectivity index (χ1) is 6.30. The number of rotatable bonds is 2. The molecule has 0 aliphatic carbocycles. The van der Waals surface area contributed by atoms with E-state index in [1.807, 2.05) is 13.0 Å². The first-order valence-electron chi connectivity index (χ1n) is 4.71. The van der Waals surface area contributed by atoms with Gasteiger partial charge >= 0.3 is 5.97 Å². The molecule has 0 aliphatic rings. The summed E-state index contributed by atoms with van der Waals surface area (Å²) in [6, 6.07) is 1.95. The minimum Gasteiger partial charge on any atom is -0.481 e. The molecule has 1 aromatic heterocycles. The highest BCUT2D eigenvalue weighted by Crippen LogP contribution is 2.23. The van der Waals surface area contributed by atoms with Crippen molar-refractivity contribution in [1.82, 2.24) is 4.98 Å². The van der Waals surface area contributed by atoms with Crippen LogP contribution in [0.3, 0.4) is 0 Å². The third-order valence-corrected chi connectivity index (χ3v) is 2.27. The standard InChI is InChI=1S/C11H17NO2/c1-7-8(6-10(13)14)5-9(12-7)11(2,3)4/h5,12H,6H2,1-4H3,(H,13,14). The summed E-state index contributed by atoms with van der Waals surface area (Å²) in [6.45, 7) is 8.21. The van der Waals surface area contributed by atoms with Crippen molar-refractivity contribution in [2.75, 3.05) is 0 Å². The molecule has 0 spiro atoms. The van der Waals surface area contributed by atoms with Gasteiger partial charge in [-0.25, -0.2) is 0 Å². The molecule has 3 heteroatoms. The molecular weight excluding hydrogens is 178 g/mol. The number of carboxylic acids is 1. The summed E-state index contributed by atoms with van der Waals surface area (Å²) in [5.41, 5.74) is 2.97. The molecule has 0 bridgehead atoms. The average molecular weight is 195 g/mol. The Labute approximate surface area is 84.2 Å². The van der Waals surface area contributed by atoms with Crippen molar-refractivity contribution in [3.8, 4) is 0 Å². The van der Waals surface area contributed by atoms with Gasteiger partial charge in [-0.3, -0.25) is 4.79 Å². The number of aromatic amines is 1. The quantitative estimate of drug-likeness (QED) is 0.760. The summed E-state index contributed by atoms with van der Waals surface area (Å²) in [7, 11) is 0. The number of aromatic nitrogens is 1. The third kappa shape index (κ3) is 2.37. The monoisotopic (exact) mass is 195 g/mol. The second-order valence-electron chi connectivity index (χ2n) is 4.65. The first-order valence-corrected chi connectivity index (χ1v) is 4.71. The van der Waals surface area contributed by atoms with E-state index in [4.69, 9.17) is 5.11 Å². The minimum atomic E-state index is -0.785. The van der Waals surface area contributed by atoms with Gasteiger partial charge in [0.1, 0.15) is 0 Å². The summed E-state index contributed by atoms with van der Waals surface area (Å²) in [5.74, 6) is -0.785. The molecule has 0 aliphatic heterocycles. The molecule has 78 valence electrons. The minimum absolute atomic E-state index is 0.0432. The van der Waals surface area contributed by atoms with E-state index in [-0.39, 0.29) is 11.8 Å². The van der Waals surface area contributed by atoms with Gasteiger partial charge < -0.3 is 10.1 Å². The van der Waals surface area contributed by atoms with Crippen LogP contribution in [0.15, 0.2) is 6.07 Å². The molecule has 0 unspecified atom stereocenters. The molecule has 2 N–H and O–H groups in total. The number of carboxylic acid groups (broad SMARTS) is 1. The Hall–Kier alpha value is -1.25. The number of hydrogen-bond donors (Lipinski definition) is 2. The first kappa shape index (κ1) is 10.8. The van der Waals surface area contributed by atoms with Gasteiger partial charge in [0.15, 0.2) is 0 Å². The van der Waals surface area contributed by atoms with Crippen LogP contribution in [-0.4, -0.2) is 16.1 Å². The fraction of sp³-hybridized carbons (Fsp3) is 0.545. The van der Waals surface area contributed by atoms with Gasteiger partial charge in [-0.2, -0.15) is 0 Å². The molecule has 14 heavy (non-hydrogen) atoms. The molecule has 0 saturated heterocycles. The highest BCUT2D eigenvalue weighted by molar-refractivity contribution is 5.70. The summed E-state index contributed by atoms with van der Waals surface area (Å²) in [5, 5.41) is 8.69. The maximum Gasteiger partial charge on any atom is 0.307 e. The van der Waals surface area contributed by atoms with Crippen molar-refractivity contribution in [2.45, 2.75) is 39.5 Å². The molecule has 1 rings (SSSR count). The Bertz CT molecular complexity index is 345. The predicted molar refractivity (Wildman–Crippen MR) is 55.6 cm³/mol. The molecule has 1 aromatic rings. The molecule has 3 nitrogen and oxygen atoms in total. The van der Waals surface area contributed by atoms with Crippen molar-refractivity contribution < 1.29 is 9.90 Å². The van der Waals surface area contributed by atoms with E-state index >= 15 is 0 Å². The highest BCUT2D eigenvalue weighted by Gasteiger charge is 2.18. The second kappa shape index (κ2) is 3.48. The van der Waals surface area contributed by atoms with Gasteiger partial charge in [-0.15, -0.1) is 0 Å². The maximum atomic E-state index is 10.6. The largest absolute Gasteiger partial charge is 0.481 e. The third-order valence-electron chi connectivity index (χ3n) is 2.27. The van der Waals surface area contributed by atoms with Crippen LogP contribution in [0.25, 0.3) is 0 Å². The van der Waals surface area contributed by atoms with Gasteiger partial charge in [0, 0.05) is 16.8 Å². The van der Waals surface area contributed by atoms with Gasteiger partial charge in [0.05, 0.1) is 6.42 Å².